The van der Waals surface area contributed by atoms with Gasteiger partial charge in [-0.1, -0.05) is 11.6 Å². The number of carbonyl (C=O) groups is 1. The summed E-state index contributed by atoms with van der Waals surface area (Å²) < 4.78 is 13.5. The molecule has 1 fully saturated rings. The van der Waals surface area contributed by atoms with Gasteiger partial charge in [0.1, 0.15) is 12.1 Å². The fourth-order valence-corrected chi connectivity index (χ4v) is 3.15. The van der Waals surface area contributed by atoms with Crippen LogP contribution in [0, 0.1) is 5.82 Å². The van der Waals surface area contributed by atoms with Gasteiger partial charge in [-0.2, -0.15) is 0 Å². The Balaban J connectivity index is 1.44. The fourth-order valence-electron chi connectivity index (χ4n) is 2.98. The summed E-state index contributed by atoms with van der Waals surface area (Å²) in [6, 6.07) is 2.99. The summed E-state index contributed by atoms with van der Waals surface area (Å²) in [4.78, 5) is 23.7. The molecule has 0 saturated heterocycles. The van der Waals surface area contributed by atoms with Crippen molar-refractivity contribution in [1.29, 1.82) is 0 Å². The Morgan fingerprint density at radius 2 is 2.24 bits per heavy atom. The van der Waals surface area contributed by atoms with E-state index < -0.39 is 5.82 Å². The van der Waals surface area contributed by atoms with Gasteiger partial charge in [-0.05, 0) is 37.0 Å². The predicted octanol–water partition coefficient (Wildman–Crippen LogP) is 3.60. The van der Waals surface area contributed by atoms with E-state index in [0.29, 0.717) is 30.0 Å². The lowest BCUT2D eigenvalue weighted by Gasteiger charge is -2.08. The highest BCUT2D eigenvalue weighted by Gasteiger charge is 2.29. The Morgan fingerprint density at radius 3 is 3.04 bits per heavy atom. The highest BCUT2D eigenvalue weighted by atomic mass is 35.5. The number of nitrogens with one attached hydrogen (secondary N) is 2. The third kappa shape index (κ3) is 3.22. The van der Waals surface area contributed by atoms with Crippen LogP contribution in [0.5, 0.6) is 0 Å². The number of amides is 1. The topological polar surface area (TPSA) is 70.7 Å². The standard InChI is InChI=1S/C18H16ClFN4O/c19-14-5-12-11(7-23-16(12)6-15(14)20)3-4-22-18(25)13-8-21-9-24-17(13)10-1-2-10/h5-10,23H,1-4H2,(H,22,25). The Morgan fingerprint density at radius 1 is 1.40 bits per heavy atom. The second kappa shape index (κ2) is 6.44. The average molecular weight is 359 g/mol. The van der Waals surface area contributed by atoms with Gasteiger partial charge in [-0.15, -0.1) is 0 Å². The van der Waals surface area contributed by atoms with Crippen molar-refractivity contribution in [3.8, 4) is 0 Å². The quantitative estimate of drug-likeness (QED) is 0.732. The zero-order valence-corrected chi connectivity index (χ0v) is 14.1. The van der Waals surface area contributed by atoms with Crippen LogP contribution in [0.25, 0.3) is 10.9 Å². The molecule has 1 saturated carbocycles. The van der Waals surface area contributed by atoms with E-state index in [-0.39, 0.29) is 10.9 Å². The van der Waals surface area contributed by atoms with Gasteiger partial charge in [0.25, 0.3) is 5.91 Å². The first kappa shape index (κ1) is 16.0. The van der Waals surface area contributed by atoms with Crippen LogP contribution in [-0.4, -0.2) is 27.4 Å². The van der Waals surface area contributed by atoms with E-state index in [4.69, 9.17) is 11.6 Å². The molecular formula is C18H16ClFN4O. The molecule has 1 amide bonds. The molecule has 1 aliphatic carbocycles. The fraction of sp³-hybridized carbons (Fsp3) is 0.278. The summed E-state index contributed by atoms with van der Waals surface area (Å²) in [5, 5.41) is 3.87. The van der Waals surface area contributed by atoms with Crippen molar-refractivity contribution in [3.63, 3.8) is 0 Å². The molecule has 1 aliphatic rings. The number of hydrogen-bond acceptors (Lipinski definition) is 3. The van der Waals surface area contributed by atoms with Crippen LogP contribution < -0.4 is 5.32 Å². The number of nitrogens with zero attached hydrogens (tertiary/aromatic N) is 2. The van der Waals surface area contributed by atoms with E-state index in [0.717, 1.165) is 29.5 Å². The number of halogens is 2. The van der Waals surface area contributed by atoms with Gasteiger partial charge in [0.15, 0.2) is 0 Å². The molecule has 25 heavy (non-hydrogen) atoms. The van der Waals surface area contributed by atoms with Crippen LogP contribution >= 0.6 is 11.6 Å². The molecule has 0 spiro atoms. The van der Waals surface area contributed by atoms with E-state index in [9.17, 15) is 9.18 Å². The number of H-pyrrole nitrogens is 1. The lowest BCUT2D eigenvalue weighted by Crippen LogP contribution is -2.27. The number of rotatable bonds is 5. The van der Waals surface area contributed by atoms with Gasteiger partial charge in [0, 0.05) is 35.8 Å². The smallest absolute Gasteiger partial charge is 0.254 e. The SMILES string of the molecule is O=C(NCCc1c[nH]c2cc(F)c(Cl)cc12)c1cncnc1C1CC1. The van der Waals surface area contributed by atoms with Gasteiger partial charge < -0.3 is 10.3 Å². The summed E-state index contributed by atoms with van der Waals surface area (Å²) >= 11 is 5.86. The summed E-state index contributed by atoms with van der Waals surface area (Å²) in [6.07, 6.45) is 7.63. The number of aromatic nitrogens is 3. The van der Waals surface area contributed by atoms with Crippen molar-refractivity contribution in [2.24, 2.45) is 0 Å². The number of fused-ring (bicyclic) bond motifs is 1. The molecule has 2 heterocycles. The molecular weight excluding hydrogens is 343 g/mol. The molecule has 0 radical (unpaired) electrons. The maximum atomic E-state index is 13.5. The zero-order chi connectivity index (χ0) is 17.4. The number of hydrogen-bond donors (Lipinski definition) is 2. The monoisotopic (exact) mass is 358 g/mol. The second-order valence-electron chi connectivity index (χ2n) is 6.23. The molecule has 128 valence electrons. The van der Waals surface area contributed by atoms with Crippen LogP contribution in [0.1, 0.15) is 40.4 Å². The summed E-state index contributed by atoms with van der Waals surface area (Å²) in [7, 11) is 0. The minimum absolute atomic E-state index is 0.0906. The molecule has 7 heteroatoms. The van der Waals surface area contributed by atoms with Gasteiger partial charge in [-0.3, -0.25) is 4.79 Å². The lowest BCUT2D eigenvalue weighted by molar-refractivity contribution is 0.0952. The molecule has 2 N–H and O–H groups in total. The van der Waals surface area contributed by atoms with Crippen LogP contribution in [0.4, 0.5) is 4.39 Å². The molecule has 1 aromatic carbocycles. The van der Waals surface area contributed by atoms with Crippen LogP contribution in [0.15, 0.2) is 30.9 Å². The van der Waals surface area contributed by atoms with E-state index in [1.807, 2.05) is 6.20 Å². The number of benzene rings is 1. The summed E-state index contributed by atoms with van der Waals surface area (Å²) in [6.45, 7) is 0.458. The van der Waals surface area contributed by atoms with Crippen LogP contribution in [0.2, 0.25) is 5.02 Å². The summed E-state index contributed by atoms with van der Waals surface area (Å²) in [5.41, 5.74) is 3.05. The second-order valence-corrected chi connectivity index (χ2v) is 6.63. The minimum atomic E-state index is -0.451. The number of aromatic amines is 1. The zero-order valence-electron chi connectivity index (χ0n) is 13.4. The first-order valence-electron chi connectivity index (χ1n) is 8.16. The van der Waals surface area contributed by atoms with Crippen molar-refractivity contribution >= 4 is 28.4 Å². The van der Waals surface area contributed by atoms with E-state index in [2.05, 4.69) is 20.3 Å². The minimum Gasteiger partial charge on any atom is -0.361 e. The van der Waals surface area contributed by atoms with Crippen molar-refractivity contribution in [2.75, 3.05) is 6.54 Å². The van der Waals surface area contributed by atoms with Gasteiger partial charge in [0.2, 0.25) is 0 Å². The molecule has 3 aromatic rings. The largest absolute Gasteiger partial charge is 0.361 e. The molecule has 0 atom stereocenters. The van der Waals surface area contributed by atoms with Crippen molar-refractivity contribution in [1.82, 2.24) is 20.3 Å². The highest BCUT2D eigenvalue weighted by molar-refractivity contribution is 6.31. The highest BCUT2D eigenvalue weighted by Crippen LogP contribution is 2.40. The Bertz CT molecular complexity index is 951. The normalized spacial score (nSPS) is 14.0. The average Bonchev–Trinajstić information content (AvgIpc) is 3.39. The van der Waals surface area contributed by atoms with Crippen molar-refractivity contribution in [3.05, 3.63) is 58.5 Å². The maximum absolute atomic E-state index is 13.5. The van der Waals surface area contributed by atoms with Gasteiger partial charge in [0.05, 0.1) is 16.3 Å². The predicted molar refractivity (Wildman–Crippen MR) is 93.3 cm³/mol. The van der Waals surface area contributed by atoms with Crippen LogP contribution in [0.3, 0.4) is 0 Å². The number of carbonyl (C=O) groups excluding carboxylic acids is 1. The Kier molecular flexibility index (Phi) is 4.13. The molecule has 2 aromatic heterocycles. The Labute approximate surface area is 148 Å². The van der Waals surface area contributed by atoms with Crippen molar-refractivity contribution < 1.29 is 9.18 Å². The molecule has 0 unspecified atom stereocenters. The van der Waals surface area contributed by atoms with Gasteiger partial charge in [-0.25, -0.2) is 14.4 Å². The molecule has 0 bridgehead atoms. The van der Waals surface area contributed by atoms with Gasteiger partial charge >= 0.3 is 0 Å². The van der Waals surface area contributed by atoms with E-state index >= 15 is 0 Å². The first-order valence-corrected chi connectivity index (χ1v) is 8.54. The van der Waals surface area contributed by atoms with Crippen LogP contribution in [-0.2, 0) is 6.42 Å². The van der Waals surface area contributed by atoms with E-state index in [1.165, 1.54) is 12.4 Å². The third-order valence-electron chi connectivity index (χ3n) is 4.44. The van der Waals surface area contributed by atoms with Crippen molar-refractivity contribution in [2.45, 2.75) is 25.2 Å². The maximum Gasteiger partial charge on any atom is 0.254 e. The molecule has 0 aliphatic heterocycles. The first-order chi connectivity index (χ1) is 12.1. The Hall–Kier alpha value is -2.47. The third-order valence-corrected chi connectivity index (χ3v) is 4.73. The molecule has 5 nitrogen and oxygen atoms in total. The van der Waals surface area contributed by atoms with E-state index in [1.54, 1.807) is 12.3 Å². The molecule has 4 rings (SSSR count). The summed E-state index contributed by atoms with van der Waals surface area (Å²) in [5.74, 6) is -0.228. The lowest BCUT2D eigenvalue weighted by atomic mass is 10.1.